The van der Waals surface area contributed by atoms with E-state index in [-0.39, 0.29) is 0 Å². The number of thiazole rings is 1. The zero-order valence-corrected chi connectivity index (χ0v) is 7.37. The standard InChI is InChI=1S/C6H4N3S2/c1-4-5(11-9-8-4)6-7-2-3-10-6/h3H,1H3. The number of rotatable bonds is 1. The van der Waals surface area contributed by atoms with Crippen molar-refractivity contribution in [1.29, 1.82) is 0 Å². The SMILES string of the molecule is Cc1nnsc1-c1n[c]cs1. The van der Waals surface area contributed by atoms with Crippen molar-refractivity contribution >= 4 is 22.9 Å². The van der Waals surface area contributed by atoms with Gasteiger partial charge in [0.05, 0.1) is 5.69 Å². The van der Waals surface area contributed by atoms with Crippen LogP contribution in [0, 0.1) is 13.1 Å². The summed E-state index contributed by atoms with van der Waals surface area (Å²) < 4.78 is 3.82. The Labute approximate surface area is 71.9 Å². The van der Waals surface area contributed by atoms with E-state index in [0.717, 1.165) is 15.6 Å². The fourth-order valence-corrected chi connectivity index (χ4v) is 2.10. The van der Waals surface area contributed by atoms with E-state index in [1.807, 2.05) is 12.3 Å². The monoisotopic (exact) mass is 182 g/mol. The third kappa shape index (κ3) is 1.17. The Morgan fingerprint density at radius 3 is 3.00 bits per heavy atom. The van der Waals surface area contributed by atoms with Gasteiger partial charge in [-0.3, -0.25) is 0 Å². The zero-order chi connectivity index (χ0) is 7.68. The Bertz CT molecular complexity index is 338. The fraction of sp³-hybridized carbons (Fsp3) is 0.167. The first-order valence-corrected chi connectivity index (χ1v) is 4.64. The molecule has 2 aromatic rings. The van der Waals surface area contributed by atoms with E-state index in [1.54, 1.807) is 11.3 Å². The Morgan fingerprint density at radius 2 is 2.45 bits per heavy atom. The van der Waals surface area contributed by atoms with Crippen molar-refractivity contribution in [3.63, 3.8) is 0 Å². The van der Waals surface area contributed by atoms with Gasteiger partial charge in [0.15, 0.2) is 0 Å². The highest BCUT2D eigenvalue weighted by atomic mass is 32.1. The van der Waals surface area contributed by atoms with Gasteiger partial charge in [-0.05, 0) is 18.5 Å². The van der Waals surface area contributed by atoms with Gasteiger partial charge < -0.3 is 0 Å². The summed E-state index contributed by atoms with van der Waals surface area (Å²) >= 11 is 2.93. The minimum atomic E-state index is 0.943. The molecule has 0 amide bonds. The van der Waals surface area contributed by atoms with Gasteiger partial charge in [0, 0.05) is 5.38 Å². The summed E-state index contributed by atoms with van der Waals surface area (Å²) in [5.41, 5.74) is 0.943. The van der Waals surface area contributed by atoms with Gasteiger partial charge in [0.1, 0.15) is 16.1 Å². The van der Waals surface area contributed by atoms with E-state index < -0.39 is 0 Å². The second kappa shape index (κ2) is 2.67. The lowest BCUT2D eigenvalue weighted by atomic mass is 10.4. The van der Waals surface area contributed by atoms with Crippen LogP contribution in [0.3, 0.4) is 0 Å². The second-order valence-electron chi connectivity index (χ2n) is 1.97. The lowest BCUT2D eigenvalue weighted by Crippen LogP contribution is -1.74. The molecule has 0 aliphatic rings. The van der Waals surface area contributed by atoms with E-state index in [0.29, 0.717) is 0 Å². The van der Waals surface area contributed by atoms with Crippen molar-refractivity contribution in [3.8, 4) is 9.88 Å². The summed E-state index contributed by atoms with van der Waals surface area (Å²) in [4.78, 5) is 5.10. The minimum absolute atomic E-state index is 0.943. The Morgan fingerprint density at radius 1 is 1.55 bits per heavy atom. The van der Waals surface area contributed by atoms with E-state index in [4.69, 9.17) is 0 Å². The molecule has 0 bridgehead atoms. The van der Waals surface area contributed by atoms with Gasteiger partial charge in [-0.15, -0.1) is 16.4 Å². The van der Waals surface area contributed by atoms with Gasteiger partial charge in [-0.1, -0.05) is 4.49 Å². The molecule has 0 saturated carbocycles. The molecule has 0 aliphatic carbocycles. The molecule has 0 fully saturated rings. The van der Waals surface area contributed by atoms with Crippen LogP contribution < -0.4 is 0 Å². The van der Waals surface area contributed by atoms with Crippen molar-refractivity contribution in [1.82, 2.24) is 14.6 Å². The number of aryl methyl sites for hydroxylation is 1. The van der Waals surface area contributed by atoms with Gasteiger partial charge in [0.25, 0.3) is 0 Å². The molecule has 0 aliphatic heterocycles. The smallest absolute Gasteiger partial charge is 0.137 e. The molecule has 0 saturated heterocycles. The maximum absolute atomic E-state index is 4.04. The lowest BCUT2D eigenvalue weighted by molar-refractivity contribution is 1.09. The molecule has 55 valence electrons. The van der Waals surface area contributed by atoms with E-state index in [9.17, 15) is 0 Å². The van der Waals surface area contributed by atoms with Gasteiger partial charge in [-0.25, -0.2) is 4.98 Å². The van der Waals surface area contributed by atoms with Gasteiger partial charge >= 0.3 is 0 Å². The second-order valence-corrected chi connectivity index (χ2v) is 3.58. The zero-order valence-electron chi connectivity index (χ0n) is 5.74. The van der Waals surface area contributed by atoms with Crippen LogP contribution in [-0.4, -0.2) is 14.6 Å². The first kappa shape index (κ1) is 6.87. The first-order chi connectivity index (χ1) is 5.38. The normalized spacial score (nSPS) is 10.3. The predicted octanol–water partition coefficient (Wildman–Crippen LogP) is 1.77. The number of nitrogens with zero attached hydrogens (tertiary/aromatic N) is 3. The lowest BCUT2D eigenvalue weighted by Gasteiger charge is -1.86. The number of hydrogen-bond donors (Lipinski definition) is 0. The summed E-state index contributed by atoms with van der Waals surface area (Å²) in [6, 6.07) is 0. The molecule has 11 heavy (non-hydrogen) atoms. The largest absolute Gasteiger partial charge is 0.233 e. The molecule has 0 spiro atoms. The maximum Gasteiger partial charge on any atom is 0.137 e. The highest BCUT2D eigenvalue weighted by Gasteiger charge is 2.07. The van der Waals surface area contributed by atoms with Crippen molar-refractivity contribution in [2.24, 2.45) is 0 Å². The predicted molar refractivity (Wildman–Crippen MR) is 44.6 cm³/mol. The molecular weight excluding hydrogens is 178 g/mol. The average molecular weight is 182 g/mol. The van der Waals surface area contributed by atoms with Crippen LogP contribution in [0.2, 0.25) is 0 Å². The van der Waals surface area contributed by atoms with Crippen molar-refractivity contribution in [3.05, 3.63) is 17.3 Å². The first-order valence-electron chi connectivity index (χ1n) is 2.99. The summed E-state index contributed by atoms with van der Waals surface area (Å²) in [5.74, 6) is 0. The quantitative estimate of drug-likeness (QED) is 0.674. The molecule has 0 unspecified atom stereocenters. The molecule has 1 radical (unpaired) electrons. The topological polar surface area (TPSA) is 38.7 Å². The Balaban J connectivity index is 2.53. The minimum Gasteiger partial charge on any atom is -0.233 e. The molecule has 0 N–H and O–H groups in total. The molecule has 2 aromatic heterocycles. The van der Waals surface area contributed by atoms with Crippen molar-refractivity contribution < 1.29 is 0 Å². The number of aromatic nitrogens is 3. The van der Waals surface area contributed by atoms with E-state index >= 15 is 0 Å². The summed E-state index contributed by atoms with van der Waals surface area (Å²) in [6.45, 7) is 1.93. The fourth-order valence-electron chi connectivity index (χ4n) is 0.726. The summed E-state index contributed by atoms with van der Waals surface area (Å²) in [6.07, 6.45) is 2.76. The van der Waals surface area contributed by atoms with E-state index in [2.05, 4.69) is 20.8 Å². The van der Waals surface area contributed by atoms with Crippen molar-refractivity contribution in [2.45, 2.75) is 6.92 Å². The molecule has 3 nitrogen and oxygen atoms in total. The summed E-state index contributed by atoms with van der Waals surface area (Å²) in [7, 11) is 0. The molecule has 5 heteroatoms. The van der Waals surface area contributed by atoms with Crippen LogP contribution in [-0.2, 0) is 0 Å². The van der Waals surface area contributed by atoms with E-state index in [1.165, 1.54) is 11.5 Å². The summed E-state index contributed by atoms with van der Waals surface area (Å²) in [5, 5.41) is 6.68. The molecule has 0 aromatic carbocycles. The molecule has 2 rings (SSSR count). The Kier molecular flexibility index (Phi) is 1.67. The Hall–Kier alpha value is -0.810. The van der Waals surface area contributed by atoms with Crippen LogP contribution in [0.5, 0.6) is 0 Å². The van der Waals surface area contributed by atoms with Crippen LogP contribution in [0.1, 0.15) is 5.69 Å². The van der Waals surface area contributed by atoms with Crippen LogP contribution in [0.15, 0.2) is 5.38 Å². The average Bonchev–Trinajstić information content (AvgIpc) is 2.55. The van der Waals surface area contributed by atoms with Crippen LogP contribution >= 0.6 is 22.9 Å². The third-order valence-corrected chi connectivity index (χ3v) is 2.94. The highest BCUT2D eigenvalue weighted by molar-refractivity contribution is 7.18. The molecular formula is C6H4N3S2. The van der Waals surface area contributed by atoms with Gasteiger partial charge in [-0.2, -0.15) is 0 Å². The maximum atomic E-state index is 4.04. The molecule has 0 atom stereocenters. The highest BCUT2D eigenvalue weighted by Crippen LogP contribution is 2.26. The third-order valence-electron chi connectivity index (χ3n) is 1.24. The van der Waals surface area contributed by atoms with Crippen LogP contribution in [0.4, 0.5) is 0 Å². The molecule has 2 heterocycles. The van der Waals surface area contributed by atoms with Gasteiger partial charge in [0.2, 0.25) is 0 Å². The van der Waals surface area contributed by atoms with Crippen molar-refractivity contribution in [2.75, 3.05) is 0 Å². The van der Waals surface area contributed by atoms with Crippen LogP contribution in [0.25, 0.3) is 9.88 Å². The number of hydrogen-bond acceptors (Lipinski definition) is 5.